The first-order chi connectivity index (χ1) is 7.13. The van der Waals surface area contributed by atoms with Gasteiger partial charge in [0.1, 0.15) is 0 Å². The van der Waals surface area contributed by atoms with Crippen molar-refractivity contribution in [1.82, 2.24) is 10.2 Å². The van der Waals surface area contributed by atoms with Gasteiger partial charge in [0.05, 0.1) is 0 Å². The molecule has 0 amide bonds. The van der Waals surface area contributed by atoms with E-state index in [0.717, 1.165) is 29.1 Å². The van der Waals surface area contributed by atoms with E-state index in [-0.39, 0.29) is 0 Å². The minimum atomic E-state index is 0.820. The average molecular weight is 292 g/mol. The fourth-order valence-electron chi connectivity index (χ4n) is 1.32. The predicted molar refractivity (Wildman–Crippen MR) is 69.4 cm³/mol. The van der Waals surface area contributed by atoms with E-state index in [1.807, 2.05) is 19.2 Å². The molecule has 0 bridgehead atoms. The summed E-state index contributed by atoms with van der Waals surface area (Å²) in [5.74, 6) is 0. The van der Waals surface area contributed by atoms with Crippen LogP contribution in [-0.4, -0.2) is 32.1 Å². The molecule has 1 N–H and O–H groups in total. The SMILES string of the molecule is CNCCN(C)Cc1ccc(Br)cc1Cl. The number of rotatable bonds is 5. The van der Waals surface area contributed by atoms with E-state index in [0.29, 0.717) is 0 Å². The molecule has 0 atom stereocenters. The molecular formula is C11H16BrClN2. The van der Waals surface area contributed by atoms with E-state index in [1.165, 1.54) is 5.56 Å². The van der Waals surface area contributed by atoms with Crippen molar-refractivity contribution in [1.29, 1.82) is 0 Å². The van der Waals surface area contributed by atoms with Gasteiger partial charge in [-0.25, -0.2) is 0 Å². The molecule has 0 unspecified atom stereocenters. The highest BCUT2D eigenvalue weighted by atomic mass is 79.9. The molecule has 0 aliphatic rings. The monoisotopic (exact) mass is 290 g/mol. The second kappa shape index (κ2) is 6.48. The molecule has 84 valence electrons. The van der Waals surface area contributed by atoms with E-state index in [4.69, 9.17) is 11.6 Å². The normalized spacial score (nSPS) is 11.0. The summed E-state index contributed by atoms with van der Waals surface area (Å²) in [7, 11) is 4.05. The van der Waals surface area contributed by atoms with Crippen LogP contribution in [0.4, 0.5) is 0 Å². The Kier molecular flexibility index (Phi) is 5.61. The van der Waals surface area contributed by atoms with Crippen LogP contribution in [0, 0.1) is 0 Å². The molecule has 0 saturated carbocycles. The van der Waals surface area contributed by atoms with Crippen molar-refractivity contribution < 1.29 is 0 Å². The zero-order chi connectivity index (χ0) is 11.3. The Labute approximate surface area is 105 Å². The minimum Gasteiger partial charge on any atom is -0.318 e. The number of benzene rings is 1. The summed E-state index contributed by atoms with van der Waals surface area (Å²) in [4.78, 5) is 2.24. The van der Waals surface area contributed by atoms with Crippen LogP contribution in [-0.2, 0) is 6.54 Å². The topological polar surface area (TPSA) is 15.3 Å². The summed E-state index contributed by atoms with van der Waals surface area (Å²) >= 11 is 9.53. The number of nitrogens with zero attached hydrogens (tertiary/aromatic N) is 1. The minimum absolute atomic E-state index is 0.820. The first kappa shape index (κ1) is 13.0. The molecule has 2 nitrogen and oxygen atoms in total. The van der Waals surface area contributed by atoms with Crippen LogP contribution in [0.5, 0.6) is 0 Å². The van der Waals surface area contributed by atoms with Gasteiger partial charge in [0, 0.05) is 29.1 Å². The summed E-state index contributed by atoms with van der Waals surface area (Å²) in [6.07, 6.45) is 0. The summed E-state index contributed by atoms with van der Waals surface area (Å²) < 4.78 is 1.02. The van der Waals surface area contributed by atoms with Crippen LogP contribution in [0.2, 0.25) is 5.02 Å². The van der Waals surface area contributed by atoms with Gasteiger partial charge < -0.3 is 10.2 Å². The lowest BCUT2D eigenvalue weighted by molar-refractivity contribution is 0.328. The molecule has 0 aromatic heterocycles. The Morgan fingerprint density at radius 2 is 2.20 bits per heavy atom. The van der Waals surface area contributed by atoms with Gasteiger partial charge in [-0.05, 0) is 31.8 Å². The van der Waals surface area contributed by atoms with Gasteiger partial charge in [0.15, 0.2) is 0 Å². The number of halogens is 2. The standard InChI is InChI=1S/C11H16BrClN2/c1-14-5-6-15(2)8-9-3-4-10(12)7-11(9)13/h3-4,7,14H,5-6,8H2,1-2H3. The van der Waals surface area contributed by atoms with Gasteiger partial charge in [0.2, 0.25) is 0 Å². The molecule has 0 radical (unpaired) electrons. The lowest BCUT2D eigenvalue weighted by atomic mass is 10.2. The molecule has 0 aliphatic carbocycles. The lowest BCUT2D eigenvalue weighted by Gasteiger charge is -2.17. The first-order valence-electron chi connectivity index (χ1n) is 4.90. The van der Waals surface area contributed by atoms with Gasteiger partial charge in [0.25, 0.3) is 0 Å². The molecular weight excluding hydrogens is 275 g/mol. The number of likely N-dealkylation sites (N-methyl/N-ethyl adjacent to an activating group) is 2. The van der Waals surface area contributed by atoms with Crippen molar-refractivity contribution in [3.05, 3.63) is 33.3 Å². The second-order valence-electron chi connectivity index (χ2n) is 3.58. The van der Waals surface area contributed by atoms with Crippen LogP contribution in [0.3, 0.4) is 0 Å². The summed E-state index contributed by atoms with van der Waals surface area (Å²) in [5, 5.41) is 3.95. The summed E-state index contributed by atoms with van der Waals surface area (Å²) in [6, 6.07) is 6.01. The molecule has 0 heterocycles. The molecule has 15 heavy (non-hydrogen) atoms. The van der Waals surface area contributed by atoms with Gasteiger partial charge in [-0.1, -0.05) is 33.6 Å². The Bertz CT molecular complexity index is 317. The van der Waals surface area contributed by atoms with Gasteiger partial charge in [-0.3, -0.25) is 0 Å². The van der Waals surface area contributed by atoms with Crippen LogP contribution < -0.4 is 5.32 Å². The summed E-state index contributed by atoms with van der Waals surface area (Å²) in [6.45, 7) is 2.89. The lowest BCUT2D eigenvalue weighted by Crippen LogP contribution is -2.27. The number of hydrogen-bond acceptors (Lipinski definition) is 2. The molecule has 4 heteroatoms. The molecule has 0 aliphatic heterocycles. The van der Waals surface area contributed by atoms with E-state index in [2.05, 4.69) is 39.3 Å². The van der Waals surface area contributed by atoms with Crippen molar-refractivity contribution in [3.63, 3.8) is 0 Å². The van der Waals surface area contributed by atoms with Crippen molar-refractivity contribution in [2.24, 2.45) is 0 Å². The number of hydrogen-bond donors (Lipinski definition) is 1. The third-order valence-corrected chi connectivity index (χ3v) is 3.04. The molecule has 1 rings (SSSR count). The third-order valence-electron chi connectivity index (χ3n) is 2.20. The van der Waals surface area contributed by atoms with Crippen LogP contribution >= 0.6 is 27.5 Å². The zero-order valence-corrected chi connectivity index (χ0v) is 11.4. The van der Waals surface area contributed by atoms with Crippen molar-refractivity contribution in [3.8, 4) is 0 Å². The first-order valence-corrected chi connectivity index (χ1v) is 6.07. The van der Waals surface area contributed by atoms with Crippen molar-refractivity contribution >= 4 is 27.5 Å². The van der Waals surface area contributed by atoms with Crippen LogP contribution in [0.15, 0.2) is 22.7 Å². The Morgan fingerprint density at radius 1 is 1.47 bits per heavy atom. The fourth-order valence-corrected chi connectivity index (χ4v) is 2.06. The van der Waals surface area contributed by atoms with E-state index in [9.17, 15) is 0 Å². The molecule has 1 aromatic rings. The zero-order valence-electron chi connectivity index (χ0n) is 9.06. The maximum Gasteiger partial charge on any atom is 0.0462 e. The Balaban J connectivity index is 2.56. The van der Waals surface area contributed by atoms with E-state index in [1.54, 1.807) is 0 Å². The molecule has 0 spiro atoms. The maximum absolute atomic E-state index is 6.14. The maximum atomic E-state index is 6.14. The van der Waals surface area contributed by atoms with Gasteiger partial charge in [-0.15, -0.1) is 0 Å². The quantitative estimate of drug-likeness (QED) is 0.897. The highest BCUT2D eigenvalue weighted by molar-refractivity contribution is 9.10. The fraction of sp³-hybridized carbons (Fsp3) is 0.455. The molecule has 0 fully saturated rings. The number of nitrogens with one attached hydrogen (secondary N) is 1. The third kappa shape index (κ3) is 4.51. The highest BCUT2D eigenvalue weighted by Crippen LogP contribution is 2.22. The van der Waals surface area contributed by atoms with Crippen LogP contribution in [0.1, 0.15) is 5.56 Å². The smallest absolute Gasteiger partial charge is 0.0462 e. The predicted octanol–water partition coefficient (Wildman–Crippen LogP) is 2.75. The van der Waals surface area contributed by atoms with E-state index >= 15 is 0 Å². The Morgan fingerprint density at radius 3 is 2.80 bits per heavy atom. The highest BCUT2D eigenvalue weighted by Gasteiger charge is 2.04. The summed E-state index contributed by atoms with van der Waals surface area (Å²) in [5.41, 5.74) is 1.17. The van der Waals surface area contributed by atoms with Crippen LogP contribution in [0.25, 0.3) is 0 Å². The average Bonchev–Trinajstić information content (AvgIpc) is 2.19. The van der Waals surface area contributed by atoms with Gasteiger partial charge in [-0.2, -0.15) is 0 Å². The van der Waals surface area contributed by atoms with Gasteiger partial charge >= 0.3 is 0 Å². The second-order valence-corrected chi connectivity index (χ2v) is 4.90. The molecule has 1 aromatic carbocycles. The van der Waals surface area contributed by atoms with Crippen molar-refractivity contribution in [2.75, 3.05) is 27.2 Å². The van der Waals surface area contributed by atoms with E-state index < -0.39 is 0 Å². The van der Waals surface area contributed by atoms with Crippen molar-refractivity contribution in [2.45, 2.75) is 6.54 Å². The Hall–Kier alpha value is -0.0900. The largest absolute Gasteiger partial charge is 0.318 e. The molecule has 0 saturated heterocycles.